The van der Waals surface area contributed by atoms with E-state index in [1.54, 1.807) is 12.5 Å². The maximum Gasteiger partial charge on any atom is 0.266 e. The number of unbranched alkanes of at least 4 members (excludes halogenated alkanes) is 2. The van der Waals surface area contributed by atoms with Crippen LogP contribution in [0.5, 0.6) is 0 Å². The molecule has 0 unspecified atom stereocenters. The van der Waals surface area contributed by atoms with Gasteiger partial charge < -0.3 is 14.4 Å². The molecule has 0 N–H and O–H groups in total. The van der Waals surface area contributed by atoms with E-state index in [1.807, 2.05) is 47.4 Å². The molecule has 0 bridgehead atoms. The van der Waals surface area contributed by atoms with E-state index >= 15 is 0 Å². The SMILES string of the molecule is CCCCCN(Cc1cccc(-c2ccc(C3OC=CO3)cc2)c1)C(=O)c1ccccc1. The molecule has 164 valence electrons. The number of hydrogen-bond acceptors (Lipinski definition) is 3. The average molecular weight is 428 g/mol. The van der Waals surface area contributed by atoms with Gasteiger partial charge in [-0.2, -0.15) is 0 Å². The first-order valence-electron chi connectivity index (χ1n) is 11.2. The lowest BCUT2D eigenvalue weighted by Crippen LogP contribution is -2.31. The van der Waals surface area contributed by atoms with E-state index in [0.29, 0.717) is 6.54 Å². The Morgan fingerprint density at radius 3 is 2.31 bits per heavy atom. The Hall–Kier alpha value is -3.53. The highest BCUT2D eigenvalue weighted by Gasteiger charge is 2.17. The summed E-state index contributed by atoms with van der Waals surface area (Å²) in [5.41, 5.74) is 5.08. The van der Waals surface area contributed by atoms with Crippen molar-refractivity contribution in [1.29, 1.82) is 0 Å². The van der Waals surface area contributed by atoms with Gasteiger partial charge in [0, 0.05) is 24.2 Å². The molecule has 1 heterocycles. The van der Waals surface area contributed by atoms with Gasteiger partial charge in [-0.3, -0.25) is 4.79 Å². The summed E-state index contributed by atoms with van der Waals surface area (Å²) in [6.45, 7) is 3.54. The molecular formula is C28H29NO3. The molecule has 0 saturated heterocycles. The van der Waals surface area contributed by atoms with Gasteiger partial charge in [-0.15, -0.1) is 0 Å². The van der Waals surface area contributed by atoms with Gasteiger partial charge >= 0.3 is 0 Å². The molecule has 4 heteroatoms. The summed E-state index contributed by atoms with van der Waals surface area (Å²) < 4.78 is 10.8. The zero-order chi connectivity index (χ0) is 22.2. The Balaban J connectivity index is 1.50. The van der Waals surface area contributed by atoms with Crippen LogP contribution in [0.4, 0.5) is 0 Å². The largest absolute Gasteiger partial charge is 0.455 e. The van der Waals surface area contributed by atoms with Crippen LogP contribution in [0.1, 0.15) is 54.0 Å². The summed E-state index contributed by atoms with van der Waals surface area (Å²) >= 11 is 0. The third-order valence-electron chi connectivity index (χ3n) is 5.62. The first kappa shape index (κ1) is 21.7. The molecule has 4 nitrogen and oxygen atoms in total. The second kappa shape index (κ2) is 10.7. The molecule has 1 aliphatic heterocycles. The third-order valence-corrected chi connectivity index (χ3v) is 5.62. The van der Waals surface area contributed by atoms with Crippen molar-refractivity contribution < 1.29 is 14.3 Å². The normalized spacial score (nSPS) is 12.9. The van der Waals surface area contributed by atoms with Gasteiger partial charge in [0.25, 0.3) is 12.2 Å². The third kappa shape index (κ3) is 5.38. The van der Waals surface area contributed by atoms with Gasteiger partial charge in [-0.25, -0.2) is 0 Å². The highest BCUT2D eigenvalue weighted by Crippen LogP contribution is 2.27. The molecule has 32 heavy (non-hydrogen) atoms. The number of hydrogen-bond donors (Lipinski definition) is 0. The fraction of sp³-hybridized carbons (Fsp3) is 0.250. The molecule has 0 fully saturated rings. The molecule has 0 spiro atoms. The Bertz CT molecular complexity index is 1040. The Labute approximate surface area is 190 Å². The standard InChI is InChI=1S/C28H29NO3/c1-2-3-7-17-29(27(30)24-10-5-4-6-11-24)21-22-9-8-12-26(20-22)23-13-15-25(16-14-23)28-31-18-19-32-28/h4-6,8-16,18-20,28H,2-3,7,17,21H2,1H3. The highest BCUT2D eigenvalue weighted by molar-refractivity contribution is 5.94. The fourth-order valence-corrected chi connectivity index (χ4v) is 3.87. The van der Waals surface area contributed by atoms with E-state index in [-0.39, 0.29) is 12.2 Å². The summed E-state index contributed by atoms with van der Waals surface area (Å²) in [5.74, 6) is 0.0848. The zero-order valence-corrected chi connectivity index (χ0v) is 18.4. The van der Waals surface area contributed by atoms with Crippen molar-refractivity contribution in [2.24, 2.45) is 0 Å². The topological polar surface area (TPSA) is 38.8 Å². The van der Waals surface area contributed by atoms with Gasteiger partial charge in [-0.05, 0) is 41.3 Å². The predicted octanol–water partition coefficient (Wildman–Crippen LogP) is 6.70. The molecule has 1 amide bonds. The Kier molecular flexibility index (Phi) is 7.23. The van der Waals surface area contributed by atoms with Gasteiger partial charge in [0.15, 0.2) is 0 Å². The smallest absolute Gasteiger partial charge is 0.266 e. The summed E-state index contributed by atoms with van der Waals surface area (Å²) in [7, 11) is 0. The van der Waals surface area contributed by atoms with Gasteiger partial charge in [-0.1, -0.05) is 80.4 Å². The van der Waals surface area contributed by atoms with E-state index in [2.05, 4.69) is 43.3 Å². The molecule has 0 atom stereocenters. The van der Waals surface area contributed by atoms with Crippen LogP contribution in [0.25, 0.3) is 11.1 Å². The van der Waals surface area contributed by atoms with Crippen LogP contribution < -0.4 is 0 Å². The number of ether oxygens (including phenoxy) is 2. The van der Waals surface area contributed by atoms with Crippen LogP contribution in [0.2, 0.25) is 0 Å². The van der Waals surface area contributed by atoms with Crippen LogP contribution in [0.3, 0.4) is 0 Å². The summed E-state index contributed by atoms with van der Waals surface area (Å²) in [6.07, 6.45) is 6.02. The monoisotopic (exact) mass is 427 g/mol. The van der Waals surface area contributed by atoms with Crippen molar-refractivity contribution in [1.82, 2.24) is 4.90 Å². The number of amides is 1. The molecular weight excluding hydrogens is 398 g/mol. The van der Waals surface area contributed by atoms with Gasteiger partial charge in [0.1, 0.15) is 12.5 Å². The summed E-state index contributed by atoms with van der Waals surface area (Å²) in [4.78, 5) is 15.1. The molecule has 0 aliphatic carbocycles. The van der Waals surface area contributed by atoms with E-state index < -0.39 is 0 Å². The number of rotatable bonds is 9. The fourth-order valence-electron chi connectivity index (χ4n) is 3.87. The number of carbonyl (C=O) groups excluding carboxylic acids is 1. The number of benzene rings is 3. The molecule has 0 saturated carbocycles. The van der Waals surface area contributed by atoms with Crippen molar-refractivity contribution in [3.8, 4) is 11.1 Å². The average Bonchev–Trinajstić information content (AvgIpc) is 3.39. The number of nitrogens with zero attached hydrogens (tertiary/aromatic N) is 1. The van der Waals surface area contributed by atoms with Crippen LogP contribution in [-0.4, -0.2) is 17.4 Å². The lowest BCUT2D eigenvalue weighted by Gasteiger charge is -2.23. The molecule has 0 radical (unpaired) electrons. The molecule has 3 aromatic carbocycles. The maximum atomic E-state index is 13.2. The van der Waals surface area contributed by atoms with Gasteiger partial charge in [0.05, 0.1) is 0 Å². The Morgan fingerprint density at radius 1 is 0.844 bits per heavy atom. The van der Waals surface area contributed by atoms with Crippen molar-refractivity contribution in [3.05, 3.63) is 108 Å². The van der Waals surface area contributed by atoms with E-state index in [9.17, 15) is 4.79 Å². The quantitative estimate of drug-likeness (QED) is 0.357. The minimum atomic E-state index is -0.365. The lowest BCUT2D eigenvalue weighted by atomic mass is 10.0. The van der Waals surface area contributed by atoms with Crippen LogP contribution in [-0.2, 0) is 16.0 Å². The van der Waals surface area contributed by atoms with Crippen LogP contribution in [0.15, 0.2) is 91.4 Å². The van der Waals surface area contributed by atoms with Gasteiger partial charge in [0.2, 0.25) is 0 Å². The van der Waals surface area contributed by atoms with E-state index in [1.165, 1.54) is 0 Å². The first-order chi connectivity index (χ1) is 15.7. The second-order valence-corrected chi connectivity index (χ2v) is 8.00. The zero-order valence-electron chi connectivity index (χ0n) is 18.4. The summed E-state index contributed by atoms with van der Waals surface area (Å²) in [6, 6.07) is 26.2. The van der Waals surface area contributed by atoms with E-state index in [4.69, 9.17) is 9.47 Å². The minimum Gasteiger partial charge on any atom is -0.455 e. The molecule has 0 aromatic heterocycles. The summed E-state index contributed by atoms with van der Waals surface area (Å²) in [5, 5.41) is 0. The van der Waals surface area contributed by atoms with Crippen LogP contribution in [0, 0.1) is 0 Å². The minimum absolute atomic E-state index is 0.0848. The highest BCUT2D eigenvalue weighted by atomic mass is 16.7. The van der Waals surface area contributed by atoms with Crippen molar-refractivity contribution in [3.63, 3.8) is 0 Å². The number of carbonyl (C=O) groups is 1. The predicted molar refractivity (Wildman–Crippen MR) is 127 cm³/mol. The Morgan fingerprint density at radius 2 is 1.59 bits per heavy atom. The second-order valence-electron chi connectivity index (χ2n) is 8.00. The van der Waals surface area contributed by atoms with Crippen LogP contribution >= 0.6 is 0 Å². The first-order valence-corrected chi connectivity index (χ1v) is 11.2. The van der Waals surface area contributed by atoms with Crippen molar-refractivity contribution in [2.75, 3.05) is 6.54 Å². The molecule has 3 aromatic rings. The van der Waals surface area contributed by atoms with Crippen molar-refractivity contribution in [2.45, 2.75) is 39.0 Å². The molecule has 4 rings (SSSR count). The molecule has 1 aliphatic rings. The maximum absolute atomic E-state index is 13.2. The lowest BCUT2D eigenvalue weighted by molar-refractivity contribution is -0.0245. The van der Waals surface area contributed by atoms with E-state index in [0.717, 1.165) is 53.6 Å². The van der Waals surface area contributed by atoms with Crippen molar-refractivity contribution >= 4 is 5.91 Å².